The summed E-state index contributed by atoms with van der Waals surface area (Å²) in [5.41, 5.74) is 4.97. The fourth-order valence-electron chi connectivity index (χ4n) is 2.34. The van der Waals surface area contributed by atoms with Crippen molar-refractivity contribution in [2.75, 3.05) is 19.8 Å². The molecule has 1 aromatic carbocycles. The minimum absolute atomic E-state index is 0.218. The molecule has 1 saturated heterocycles. The molecule has 0 radical (unpaired) electrons. The molecule has 1 aliphatic heterocycles. The van der Waals surface area contributed by atoms with Gasteiger partial charge in [0.1, 0.15) is 11.6 Å². The largest absolute Gasteiger partial charge is 0.381 e. The Hall–Kier alpha value is -1.53. The van der Waals surface area contributed by atoms with Crippen LogP contribution in [0.2, 0.25) is 0 Å². The normalized spacial score (nSPS) is 17.8. The van der Waals surface area contributed by atoms with Crippen molar-refractivity contribution in [3.8, 4) is 0 Å². The Morgan fingerprint density at radius 3 is 2.45 bits per heavy atom. The first-order chi connectivity index (χ1) is 9.56. The van der Waals surface area contributed by atoms with Crippen molar-refractivity contribution < 1.29 is 18.3 Å². The quantitative estimate of drug-likeness (QED) is 0.871. The first kappa shape index (κ1) is 14.9. The van der Waals surface area contributed by atoms with E-state index in [1.165, 1.54) is 6.07 Å². The summed E-state index contributed by atoms with van der Waals surface area (Å²) in [4.78, 5) is 12.0. The lowest BCUT2D eigenvalue weighted by atomic mass is 9.90. The fourth-order valence-corrected chi connectivity index (χ4v) is 2.34. The van der Waals surface area contributed by atoms with E-state index in [9.17, 15) is 13.6 Å². The van der Waals surface area contributed by atoms with Crippen molar-refractivity contribution in [1.29, 1.82) is 0 Å². The van der Waals surface area contributed by atoms with Gasteiger partial charge in [-0.2, -0.15) is 0 Å². The third kappa shape index (κ3) is 3.32. The van der Waals surface area contributed by atoms with Gasteiger partial charge in [-0.05, 0) is 25.0 Å². The molecule has 0 bridgehead atoms. The molecule has 1 amide bonds. The molecule has 4 nitrogen and oxygen atoms in total. The van der Waals surface area contributed by atoms with Gasteiger partial charge in [0, 0.05) is 25.3 Å². The third-order valence-corrected chi connectivity index (χ3v) is 3.64. The smallest absolute Gasteiger partial charge is 0.225 e. The van der Waals surface area contributed by atoms with E-state index in [0.717, 1.165) is 12.1 Å². The summed E-state index contributed by atoms with van der Waals surface area (Å²) < 4.78 is 32.2. The van der Waals surface area contributed by atoms with Crippen LogP contribution < -0.4 is 11.1 Å². The number of ether oxygens (including phenoxy) is 1. The number of halogens is 2. The highest BCUT2D eigenvalue weighted by Crippen LogP contribution is 2.20. The molecule has 6 heteroatoms. The Morgan fingerprint density at radius 1 is 1.30 bits per heavy atom. The van der Waals surface area contributed by atoms with E-state index in [1.807, 2.05) is 0 Å². The van der Waals surface area contributed by atoms with Crippen LogP contribution in [-0.4, -0.2) is 31.2 Å². The van der Waals surface area contributed by atoms with E-state index in [-0.39, 0.29) is 18.5 Å². The molecule has 1 fully saturated rings. The molecule has 0 atom stereocenters. The molecule has 1 aromatic rings. The van der Waals surface area contributed by atoms with Gasteiger partial charge in [-0.3, -0.25) is 4.79 Å². The monoisotopic (exact) mass is 284 g/mol. The summed E-state index contributed by atoms with van der Waals surface area (Å²) in [6.45, 7) is 1.32. The summed E-state index contributed by atoms with van der Waals surface area (Å²) >= 11 is 0. The molecule has 0 aromatic heterocycles. The maximum absolute atomic E-state index is 13.5. The number of hydrogen-bond donors (Lipinski definition) is 2. The van der Waals surface area contributed by atoms with Crippen LogP contribution in [0.4, 0.5) is 8.78 Å². The van der Waals surface area contributed by atoms with Crippen molar-refractivity contribution in [2.24, 2.45) is 5.73 Å². The van der Waals surface area contributed by atoms with Crippen LogP contribution in [0.5, 0.6) is 0 Å². The molecule has 20 heavy (non-hydrogen) atoms. The summed E-state index contributed by atoms with van der Waals surface area (Å²) in [5.74, 6) is -1.86. The van der Waals surface area contributed by atoms with Crippen LogP contribution in [0.15, 0.2) is 18.2 Å². The van der Waals surface area contributed by atoms with Crippen LogP contribution in [0.25, 0.3) is 0 Å². The third-order valence-electron chi connectivity index (χ3n) is 3.64. The highest BCUT2D eigenvalue weighted by Gasteiger charge is 2.32. The topological polar surface area (TPSA) is 64.3 Å². The van der Waals surface area contributed by atoms with Crippen LogP contribution in [0.1, 0.15) is 18.4 Å². The molecule has 0 aliphatic carbocycles. The van der Waals surface area contributed by atoms with Gasteiger partial charge in [-0.25, -0.2) is 8.78 Å². The maximum Gasteiger partial charge on any atom is 0.225 e. The van der Waals surface area contributed by atoms with Crippen molar-refractivity contribution in [3.63, 3.8) is 0 Å². The van der Waals surface area contributed by atoms with Crippen LogP contribution in [-0.2, 0) is 16.0 Å². The first-order valence-corrected chi connectivity index (χ1v) is 6.58. The lowest BCUT2D eigenvalue weighted by molar-refractivity contribution is -0.123. The summed E-state index contributed by atoms with van der Waals surface area (Å²) in [7, 11) is 0. The number of rotatable bonds is 4. The molecule has 0 saturated carbocycles. The van der Waals surface area contributed by atoms with Gasteiger partial charge >= 0.3 is 0 Å². The molecule has 2 rings (SSSR count). The number of amides is 1. The Kier molecular flexibility index (Phi) is 4.67. The van der Waals surface area contributed by atoms with Gasteiger partial charge in [0.25, 0.3) is 0 Å². The first-order valence-electron chi connectivity index (χ1n) is 6.58. The fraction of sp³-hybridized carbons (Fsp3) is 0.500. The standard InChI is InChI=1S/C14H18F2N2O2/c15-11-2-1-3-12(16)10(11)8-13(19)18-14(9-17)4-6-20-7-5-14/h1-3H,4-9,17H2,(H,18,19). The number of nitrogens with two attached hydrogens (primary N) is 1. The van der Waals surface area contributed by atoms with Gasteiger partial charge in [0.2, 0.25) is 5.91 Å². The zero-order valence-electron chi connectivity index (χ0n) is 11.1. The van der Waals surface area contributed by atoms with Crippen LogP contribution >= 0.6 is 0 Å². The minimum Gasteiger partial charge on any atom is -0.381 e. The van der Waals surface area contributed by atoms with Gasteiger partial charge in [-0.15, -0.1) is 0 Å². The van der Waals surface area contributed by atoms with Crippen molar-refractivity contribution >= 4 is 5.91 Å². The molecule has 1 heterocycles. The van der Waals surface area contributed by atoms with E-state index < -0.39 is 23.1 Å². The predicted octanol–water partition coefficient (Wildman–Crippen LogP) is 1.13. The second kappa shape index (κ2) is 6.28. The SMILES string of the molecule is NCC1(NC(=O)Cc2c(F)cccc2F)CCOCC1. The van der Waals surface area contributed by atoms with Crippen LogP contribution in [0.3, 0.4) is 0 Å². The molecule has 0 spiro atoms. The number of benzene rings is 1. The summed E-state index contributed by atoms with van der Waals surface area (Å²) in [6.07, 6.45) is 0.880. The zero-order valence-corrected chi connectivity index (χ0v) is 11.1. The Balaban J connectivity index is 2.05. The van der Waals surface area contributed by atoms with E-state index in [0.29, 0.717) is 26.1 Å². The van der Waals surface area contributed by atoms with Gasteiger partial charge in [-0.1, -0.05) is 6.07 Å². The molecule has 1 aliphatic rings. The zero-order chi connectivity index (χ0) is 14.6. The molecular weight excluding hydrogens is 266 g/mol. The Bertz CT molecular complexity index is 468. The molecule has 0 unspecified atom stereocenters. The minimum atomic E-state index is -0.714. The van der Waals surface area contributed by atoms with Crippen molar-refractivity contribution in [1.82, 2.24) is 5.32 Å². The number of nitrogens with one attached hydrogen (secondary N) is 1. The van der Waals surface area contributed by atoms with Crippen molar-refractivity contribution in [2.45, 2.75) is 24.8 Å². The number of carbonyl (C=O) groups excluding carboxylic acids is 1. The molecular formula is C14H18F2N2O2. The lowest BCUT2D eigenvalue weighted by Crippen LogP contribution is -2.57. The maximum atomic E-state index is 13.5. The number of carbonyl (C=O) groups is 1. The predicted molar refractivity (Wildman–Crippen MR) is 70.0 cm³/mol. The van der Waals surface area contributed by atoms with Crippen molar-refractivity contribution in [3.05, 3.63) is 35.4 Å². The lowest BCUT2D eigenvalue weighted by Gasteiger charge is -2.37. The Morgan fingerprint density at radius 2 is 1.90 bits per heavy atom. The summed E-state index contributed by atoms with van der Waals surface area (Å²) in [5, 5.41) is 2.81. The molecule has 3 N–H and O–H groups in total. The number of hydrogen-bond acceptors (Lipinski definition) is 3. The van der Waals surface area contributed by atoms with E-state index in [4.69, 9.17) is 10.5 Å². The average Bonchev–Trinajstić information content (AvgIpc) is 2.44. The molecule has 110 valence electrons. The second-order valence-electron chi connectivity index (χ2n) is 5.02. The van der Waals surface area contributed by atoms with E-state index in [2.05, 4.69) is 5.32 Å². The highest BCUT2D eigenvalue weighted by molar-refractivity contribution is 5.79. The highest BCUT2D eigenvalue weighted by atomic mass is 19.1. The summed E-state index contributed by atoms with van der Waals surface area (Å²) in [6, 6.07) is 3.55. The van der Waals surface area contributed by atoms with Gasteiger partial charge < -0.3 is 15.8 Å². The van der Waals surface area contributed by atoms with Gasteiger partial charge in [0.05, 0.1) is 12.0 Å². The van der Waals surface area contributed by atoms with Crippen LogP contribution in [0, 0.1) is 11.6 Å². The van der Waals surface area contributed by atoms with E-state index >= 15 is 0 Å². The van der Waals surface area contributed by atoms with E-state index in [1.54, 1.807) is 0 Å². The average molecular weight is 284 g/mol. The second-order valence-corrected chi connectivity index (χ2v) is 5.02. The van der Waals surface area contributed by atoms with Gasteiger partial charge in [0.15, 0.2) is 0 Å². The Labute approximate surface area is 116 Å².